The molecule has 1 fully saturated rings. The summed E-state index contributed by atoms with van der Waals surface area (Å²) in [6.45, 7) is 0.753. The molecule has 0 bridgehead atoms. The minimum Gasteiger partial charge on any atom is -0.362 e. The van der Waals surface area contributed by atoms with E-state index in [0.29, 0.717) is 6.04 Å². The molecule has 2 N–H and O–H groups in total. The number of halogens is 1. The van der Waals surface area contributed by atoms with E-state index in [1.54, 1.807) is 6.33 Å². The van der Waals surface area contributed by atoms with Crippen molar-refractivity contribution >= 4 is 33.9 Å². The van der Waals surface area contributed by atoms with Gasteiger partial charge in [-0.25, -0.2) is 4.98 Å². The molecule has 1 aliphatic carbocycles. The van der Waals surface area contributed by atoms with Crippen LogP contribution in [0.5, 0.6) is 0 Å². The molecular weight excluding hydrogens is 408 g/mol. The smallest absolute Gasteiger partial charge is 0.157 e. The van der Waals surface area contributed by atoms with Gasteiger partial charge in [0.2, 0.25) is 0 Å². The second kappa shape index (κ2) is 12.2. The zero-order valence-electron chi connectivity index (χ0n) is 15.2. The van der Waals surface area contributed by atoms with E-state index in [4.69, 9.17) is 4.99 Å². The topological polar surface area (TPSA) is 53.1 Å². The zero-order valence-corrected chi connectivity index (χ0v) is 17.7. The number of thioether (sulfide) groups is 1. The Bertz CT molecular complexity index is 625. The number of nitrogens with zero attached hydrogens (tertiary/aromatic N) is 2. The second-order valence-electron chi connectivity index (χ2n) is 6.62. The lowest BCUT2D eigenvalue weighted by Gasteiger charge is -2.24. The van der Waals surface area contributed by atoms with E-state index in [2.05, 4.69) is 45.6 Å². The van der Waals surface area contributed by atoms with Crippen LogP contribution in [0, 0.1) is 0 Å². The van der Waals surface area contributed by atoms with Crippen molar-refractivity contribution < 1.29 is 0 Å². The van der Waals surface area contributed by atoms with Gasteiger partial charge in [-0.05, 0) is 31.2 Å². The van der Waals surface area contributed by atoms with Crippen LogP contribution in [0.15, 0.2) is 47.8 Å². The number of benzene rings is 1. The summed E-state index contributed by atoms with van der Waals surface area (Å²) in [5.41, 5.74) is 2.48. The molecule has 1 aromatic carbocycles. The summed E-state index contributed by atoms with van der Waals surface area (Å²) in [5.74, 6) is 1.08. The SMILES string of the molecule is Br.c1ccc(CN=C(NC2CCCCC2)SCCCc2cnc[nH]2)cc1. The molecule has 142 valence electrons. The molecule has 0 amide bonds. The number of H-pyrrole nitrogens is 1. The molecule has 0 spiro atoms. The van der Waals surface area contributed by atoms with Crippen LogP contribution in [-0.4, -0.2) is 26.9 Å². The van der Waals surface area contributed by atoms with Crippen LogP contribution >= 0.6 is 28.7 Å². The van der Waals surface area contributed by atoms with Crippen LogP contribution in [-0.2, 0) is 13.0 Å². The highest BCUT2D eigenvalue weighted by Gasteiger charge is 2.15. The summed E-state index contributed by atoms with van der Waals surface area (Å²) in [7, 11) is 0. The van der Waals surface area contributed by atoms with E-state index in [1.165, 1.54) is 43.4 Å². The Morgan fingerprint density at radius 3 is 2.73 bits per heavy atom. The molecule has 1 aliphatic rings. The summed E-state index contributed by atoms with van der Waals surface area (Å²) in [6.07, 6.45) is 12.5. The average molecular weight is 437 g/mol. The largest absolute Gasteiger partial charge is 0.362 e. The van der Waals surface area contributed by atoms with Gasteiger partial charge in [-0.3, -0.25) is 4.99 Å². The first-order chi connectivity index (χ1) is 12.4. The minimum absolute atomic E-state index is 0. The number of hydrogen-bond donors (Lipinski definition) is 2. The van der Waals surface area contributed by atoms with Gasteiger partial charge in [0.05, 0.1) is 12.9 Å². The highest BCUT2D eigenvalue weighted by molar-refractivity contribution is 8.93. The van der Waals surface area contributed by atoms with Crippen molar-refractivity contribution in [2.75, 3.05) is 5.75 Å². The van der Waals surface area contributed by atoms with Crippen molar-refractivity contribution in [3.8, 4) is 0 Å². The maximum atomic E-state index is 4.87. The van der Waals surface area contributed by atoms with Crippen molar-refractivity contribution in [1.29, 1.82) is 0 Å². The molecule has 1 aromatic heterocycles. The third-order valence-corrected chi connectivity index (χ3v) is 5.58. The molecule has 0 aliphatic heterocycles. The van der Waals surface area contributed by atoms with Gasteiger partial charge >= 0.3 is 0 Å². The van der Waals surface area contributed by atoms with E-state index < -0.39 is 0 Å². The molecule has 1 heterocycles. The summed E-state index contributed by atoms with van der Waals surface area (Å²) in [6, 6.07) is 11.1. The van der Waals surface area contributed by atoms with E-state index in [-0.39, 0.29) is 17.0 Å². The summed E-state index contributed by atoms with van der Waals surface area (Å²) in [5, 5.41) is 4.82. The fraction of sp³-hybridized carbons (Fsp3) is 0.500. The second-order valence-corrected chi connectivity index (χ2v) is 7.70. The number of aryl methyl sites for hydroxylation is 1. The van der Waals surface area contributed by atoms with Gasteiger partial charge in [0.15, 0.2) is 5.17 Å². The maximum absolute atomic E-state index is 4.87. The Morgan fingerprint density at radius 2 is 2.00 bits per heavy atom. The first-order valence-electron chi connectivity index (χ1n) is 9.35. The minimum atomic E-state index is 0. The van der Waals surface area contributed by atoms with Gasteiger partial charge in [-0.15, -0.1) is 17.0 Å². The molecule has 3 rings (SSSR count). The molecule has 0 unspecified atom stereocenters. The monoisotopic (exact) mass is 436 g/mol. The molecule has 0 saturated heterocycles. The Kier molecular flexibility index (Phi) is 9.85. The van der Waals surface area contributed by atoms with E-state index in [9.17, 15) is 0 Å². The summed E-state index contributed by atoms with van der Waals surface area (Å²) in [4.78, 5) is 12.1. The summed E-state index contributed by atoms with van der Waals surface area (Å²) >= 11 is 1.86. The standard InChI is InChI=1S/C20H28N4S.BrH/c1-3-8-17(9-4-1)14-22-20(24-18-10-5-2-6-11-18)25-13-7-12-19-15-21-16-23-19;/h1,3-4,8-9,15-16,18H,2,5-7,10-14H2,(H,21,23)(H,22,24);1H. The van der Waals surface area contributed by atoms with Crippen LogP contribution in [0.4, 0.5) is 0 Å². The quantitative estimate of drug-likeness (QED) is 0.359. The van der Waals surface area contributed by atoms with Crippen LogP contribution in [0.2, 0.25) is 0 Å². The van der Waals surface area contributed by atoms with E-state index in [1.807, 2.05) is 18.0 Å². The number of rotatable bonds is 7. The average Bonchev–Trinajstić information content (AvgIpc) is 3.18. The first kappa shape index (κ1) is 21.0. The number of aliphatic imine (C=N–C) groups is 1. The molecule has 26 heavy (non-hydrogen) atoms. The van der Waals surface area contributed by atoms with Gasteiger partial charge < -0.3 is 10.3 Å². The lowest BCUT2D eigenvalue weighted by molar-refractivity contribution is 0.415. The van der Waals surface area contributed by atoms with Crippen LogP contribution < -0.4 is 5.32 Å². The van der Waals surface area contributed by atoms with Crippen LogP contribution in [0.3, 0.4) is 0 Å². The lowest BCUT2D eigenvalue weighted by atomic mass is 9.96. The fourth-order valence-corrected chi connectivity index (χ4v) is 4.04. The number of nitrogens with one attached hydrogen (secondary N) is 2. The van der Waals surface area contributed by atoms with Crippen molar-refractivity contribution in [3.63, 3.8) is 0 Å². The Labute approximate surface area is 171 Å². The number of amidine groups is 1. The highest BCUT2D eigenvalue weighted by atomic mass is 79.9. The molecule has 1 saturated carbocycles. The van der Waals surface area contributed by atoms with Gasteiger partial charge in [-0.2, -0.15) is 0 Å². The Hall–Kier alpha value is -1.27. The molecule has 6 heteroatoms. The van der Waals surface area contributed by atoms with E-state index >= 15 is 0 Å². The number of aromatic nitrogens is 2. The Morgan fingerprint density at radius 1 is 1.19 bits per heavy atom. The van der Waals surface area contributed by atoms with Gasteiger partial charge in [0.1, 0.15) is 0 Å². The third kappa shape index (κ3) is 7.54. The molecule has 2 aromatic rings. The van der Waals surface area contributed by atoms with Crippen molar-refractivity contribution in [3.05, 3.63) is 54.1 Å². The fourth-order valence-electron chi connectivity index (χ4n) is 3.15. The Balaban J connectivity index is 0.00000243. The molecule has 0 atom stereocenters. The first-order valence-corrected chi connectivity index (χ1v) is 10.3. The molecular formula is C20H29BrN4S. The van der Waals surface area contributed by atoms with Crippen LogP contribution in [0.1, 0.15) is 49.8 Å². The molecule has 4 nitrogen and oxygen atoms in total. The third-order valence-electron chi connectivity index (χ3n) is 4.56. The predicted octanol–water partition coefficient (Wildman–Crippen LogP) is 5.13. The van der Waals surface area contributed by atoms with Crippen molar-refractivity contribution in [1.82, 2.24) is 15.3 Å². The molecule has 0 radical (unpaired) electrons. The normalized spacial score (nSPS) is 15.5. The lowest BCUT2D eigenvalue weighted by Crippen LogP contribution is -2.35. The van der Waals surface area contributed by atoms with Gasteiger partial charge in [0.25, 0.3) is 0 Å². The number of aromatic amines is 1. The highest BCUT2D eigenvalue weighted by Crippen LogP contribution is 2.19. The number of hydrogen-bond acceptors (Lipinski definition) is 3. The van der Waals surface area contributed by atoms with Gasteiger partial charge in [-0.1, -0.05) is 61.4 Å². The van der Waals surface area contributed by atoms with Crippen LogP contribution in [0.25, 0.3) is 0 Å². The zero-order chi connectivity index (χ0) is 17.2. The van der Waals surface area contributed by atoms with Crippen molar-refractivity contribution in [2.45, 2.75) is 57.5 Å². The van der Waals surface area contributed by atoms with Gasteiger partial charge in [0, 0.05) is 23.7 Å². The van der Waals surface area contributed by atoms with Crippen molar-refractivity contribution in [2.24, 2.45) is 4.99 Å². The van der Waals surface area contributed by atoms with E-state index in [0.717, 1.165) is 30.3 Å². The summed E-state index contributed by atoms with van der Waals surface area (Å²) < 4.78 is 0. The predicted molar refractivity (Wildman–Crippen MR) is 117 cm³/mol. The number of imidazole rings is 1. The maximum Gasteiger partial charge on any atom is 0.157 e.